The third-order valence-corrected chi connectivity index (χ3v) is 4.45. The second kappa shape index (κ2) is 2.69. The summed E-state index contributed by atoms with van der Waals surface area (Å²) >= 11 is 0. The minimum Gasteiger partial charge on any atom is -0.195 e. The van der Waals surface area contributed by atoms with Gasteiger partial charge in [0.1, 0.15) is 0 Å². The summed E-state index contributed by atoms with van der Waals surface area (Å²) in [6.07, 6.45) is 4.70. The molecule has 0 heterocycles. The first-order valence-electron chi connectivity index (χ1n) is 4.52. The lowest BCUT2D eigenvalue weighted by atomic mass is 9.81. The third-order valence-electron chi connectivity index (χ3n) is 3.03. The molecule has 0 aliphatic heterocycles. The molecule has 12 heavy (non-hydrogen) atoms. The van der Waals surface area contributed by atoms with Gasteiger partial charge in [0.15, 0.2) is 0 Å². The van der Waals surface area contributed by atoms with Gasteiger partial charge >= 0.3 is 10.2 Å². The molecule has 0 saturated heterocycles. The van der Waals surface area contributed by atoms with Crippen LogP contribution in [0.3, 0.4) is 0 Å². The molecule has 2 saturated carbocycles. The molecule has 2 aliphatic carbocycles. The van der Waals surface area contributed by atoms with Gasteiger partial charge in [0.25, 0.3) is 0 Å². The van der Waals surface area contributed by atoms with Gasteiger partial charge in [0.2, 0.25) is 0 Å². The molecule has 0 aromatic carbocycles. The lowest BCUT2D eigenvalue weighted by Crippen LogP contribution is -2.33. The Kier molecular flexibility index (Phi) is 1.90. The highest BCUT2D eigenvalue weighted by atomic mass is 32.3. The molecule has 2 aliphatic rings. The van der Waals surface area contributed by atoms with E-state index in [0.717, 1.165) is 32.1 Å². The Hall–Kier alpha value is -0.120. The van der Waals surface area contributed by atoms with Crippen molar-refractivity contribution >= 4 is 10.2 Å². The Morgan fingerprint density at radius 1 is 1.08 bits per heavy atom. The predicted molar refractivity (Wildman–Crippen MR) is 43.9 cm³/mol. The van der Waals surface area contributed by atoms with Crippen LogP contribution in [0.15, 0.2) is 0 Å². The van der Waals surface area contributed by atoms with Gasteiger partial charge in [-0.1, -0.05) is 6.42 Å². The van der Waals surface area contributed by atoms with E-state index in [4.69, 9.17) is 0 Å². The van der Waals surface area contributed by atoms with Crippen LogP contribution in [0.5, 0.6) is 0 Å². The molecule has 0 aromatic heterocycles. The summed E-state index contributed by atoms with van der Waals surface area (Å²) < 4.78 is 34.3. The van der Waals surface area contributed by atoms with Crippen molar-refractivity contribution in [3.63, 3.8) is 0 Å². The molecule has 0 amide bonds. The number of halogens is 1. The van der Waals surface area contributed by atoms with Gasteiger partial charge < -0.3 is 0 Å². The average Bonchev–Trinajstić information content (AvgIpc) is 2.55. The highest BCUT2D eigenvalue weighted by Crippen LogP contribution is 2.46. The van der Waals surface area contributed by atoms with Crippen LogP contribution in [0.2, 0.25) is 0 Å². The van der Waals surface area contributed by atoms with Gasteiger partial charge in [-0.2, -0.15) is 8.42 Å². The topological polar surface area (TPSA) is 34.1 Å². The quantitative estimate of drug-likeness (QED) is 0.640. The van der Waals surface area contributed by atoms with Crippen LogP contribution in [0.25, 0.3) is 0 Å². The van der Waals surface area contributed by atoms with Gasteiger partial charge in [-0.25, -0.2) is 0 Å². The average molecular weight is 192 g/mol. The molecule has 4 heteroatoms. The first kappa shape index (κ1) is 8.48. The van der Waals surface area contributed by atoms with Gasteiger partial charge in [-0.05, 0) is 37.5 Å². The van der Waals surface area contributed by atoms with Gasteiger partial charge in [-0.3, -0.25) is 0 Å². The molecular weight excluding hydrogens is 179 g/mol. The largest absolute Gasteiger partial charge is 0.305 e. The zero-order valence-electron chi connectivity index (χ0n) is 6.87. The third kappa shape index (κ3) is 1.49. The minimum absolute atomic E-state index is 0.132. The van der Waals surface area contributed by atoms with Crippen LogP contribution in [-0.2, 0) is 10.2 Å². The Bertz CT molecular complexity index is 265. The Balaban J connectivity index is 2.11. The van der Waals surface area contributed by atoms with Crippen LogP contribution in [0, 0.1) is 11.8 Å². The smallest absolute Gasteiger partial charge is 0.195 e. The van der Waals surface area contributed by atoms with E-state index in [1.165, 1.54) is 0 Å². The van der Waals surface area contributed by atoms with Crippen molar-refractivity contribution in [1.82, 2.24) is 0 Å². The van der Waals surface area contributed by atoms with Crippen LogP contribution in [-0.4, -0.2) is 13.7 Å². The molecule has 0 bridgehead atoms. The van der Waals surface area contributed by atoms with E-state index in [-0.39, 0.29) is 11.8 Å². The molecule has 2 nitrogen and oxygen atoms in total. The lowest BCUT2D eigenvalue weighted by Gasteiger charge is -2.31. The summed E-state index contributed by atoms with van der Waals surface area (Å²) in [7, 11) is -4.26. The second-order valence-electron chi connectivity index (χ2n) is 3.97. The van der Waals surface area contributed by atoms with Gasteiger partial charge in [-0.15, -0.1) is 3.89 Å². The van der Waals surface area contributed by atoms with Crippen molar-refractivity contribution in [3.05, 3.63) is 0 Å². The van der Waals surface area contributed by atoms with Crippen molar-refractivity contribution in [2.75, 3.05) is 0 Å². The molecule has 70 valence electrons. The zero-order chi connectivity index (χ0) is 8.77. The summed E-state index contributed by atoms with van der Waals surface area (Å²) in [5.41, 5.74) is 0. The monoisotopic (exact) mass is 192 g/mol. The van der Waals surface area contributed by atoms with E-state index in [1.807, 2.05) is 0 Å². The Morgan fingerprint density at radius 3 is 1.83 bits per heavy atom. The number of rotatable bonds is 3. The summed E-state index contributed by atoms with van der Waals surface area (Å²) in [4.78, 5) is 0. The summed E-state index contributed by atoms with van der Waals surface area (Å²) in [6.45, 7) is 0. The Morgan fingerprint density at radius 2 is 1.58 bits per heavy atom. The Labute approximate surface area is 72.4 Å². The molecule has 0 radical (unpaired) electrons. The van der Waals surface area contributed by atoms with Crippen molar-refractivity contribution in [2.45, 2.75) is 37.4 Å². The van der Waals surface area contributed by atoms with Crippen LogP contribution >= 0.6 is 0 Å². The van der Waals surface area contributed by atoms with Gasteiger partial charge in [0, 0.05) is 0 Å². The van der Waals surface area contributed by atoms with E-state index >= 15 is 0 Å². The van der Waals surface area contributed by atoms with Crippen molar-refractivity contribution < 1.29 is 12.3 Å². The predicted octanol–water partition coefficient (Wildman–Crippen LogP) is 1.86. The molecule has 0 N–H and O–H groups in total. The van der Waals surface area contributed by atoms with E-state index in [0.29, 0.717) is 0 Å². The lowest BCUT2D eigenvalue weighted by molar-refractivity contribution is 0.279. The highest BCUT2D eigenvalue weighted by molar-refractivity contribution is 7.87. The van der Waals surface area contributed by atoms with E-state index < -0.39 is 15.5 Å². The van der Waals surface area contributed by atoms with Gasteiger partial charge in [0.05, 0.1) is 5.25 Å². The summed E-state index contributed by atoms with van der Waals surface area (Å²) in [5, 5.41) is -0.647. The SMILES string of the molecule is O=S(=O)(F)C(C1CCC1)C1CC1. The molecule has 1 unspecified atom stereocenters. The zero-order valence-corrected chi connectivity index (χ0v) is 7.69. The maximum atomic E-state index is 12.8. The van der Waals surface area contributed by atoms with Crippen LogP contribution in [0.4, 0.5) is 3.89 Å². The summed E-state index contributed by atoms with van der Waals surface area (Å²) in [6, 6.07) is 0. The van der Waals surface area contributed by atoms with E-state index in [1.54, 1.807) is 0 Å². The maximum Gasteiger partial charge on any atom is 0.305 e. The van der Waals surface area contributed by atoms with E-state index in [9.17, 15) is 12.3 Å². The fourth-order valence-corrected chi connectivity index (χ4v) is 3.50. The molecule has 2 fully saturated rings. The molecule has 0 aromatic rings. The standard InChI is InChI=1S/C8H13FO2S/c9-12(10,11)8(7-4-5-7)6-2-1-3-6/h6-8H,1-5H2. The molecule has 2 rings (SSSR count). The van der Waals surface area contributed by atoms with Crippen molar-refractivity contribution in [3.8, 4) is 0 Å². The van der Waals surface area contributed by atoms with E-state index in [2.05, 4.69) is 0 Å². The first-order chi connectivity index (χ1) is 5.59. The van der Waals surface area contributed by atoms with Crippen LogP contribution in [0.1, 0.15) is 32.1 Å². The summed E-state index contributed by atoms with van der Waals surface area (Å²) in [5.74, 6) is 0.276. The number of hydrogen-bond acceptors (Lipinski definition) is 2. The highest BCUT2D eigenvalue weighted by Gasteiger charge is 2.46. The van der Waals surface area contributed by atoms with Crippen molar-refractivity contribution in [2.24, 2.45) is 11.8 Å². The molecule has 0 spiro atoms. The minimum atomic E-state index is -4.26. The normalized spacial score (nSPS) is 28.1. The van der Waals surface area contributed by atoms with Crippen molar-refractivity contribution in [1.29, 1.82) is 0 Å². The molecular formula is C8H13FO2S. The fourth-order valence-electron chi connectivity index (χ4n) is 2.04. The number of hydrogen-bond donors (Lipinski definition) is 0. The fraction of sp³-hybridized carbons (Fsp3) is 1.00. The first-order valence-corrected chi connectivity index (χ1v) is 5.97. The maximum absolute atomic E-state index is 12.8. The second-order valence-corrected chi connectivity index (χ2v) is 5.46. The van der Waals surface area contributed by atoms with Crippen LogP contribution < -0.4 is 0 Å². The molecule has 1 atom stereocenters.